The number of hydrogen-bond donors (Lipinski definition) is 4. The second kappa shape index (κ2) is 8.11. The van der Waals surface area contributed by atoms with Crippen LogP contribution in [0.15, 0.2) is 30.3 Å². The number of aryl methyl sites for hydroxylation is 2. The van der Waals surface area contributed by atoms with E-state index in [1.807, 2.05) is 5.48 Å². The smallest absolute Gasteiger partial charge is 0.369 e. The molecule has 0 bridgehead atoms. The first-order valence-corrected chi connectivity index (χ1v) is 7.68. The Hall–Kier alpha value is -3.42. The molecule has 8 nitrogen and oxygen atoms in total. The quantitative estimate of drug-likeness (QED) is 0.596. The minimum absolute atomic E-state index is 0.130. The SMILES string of the molecule is Cc1cc(OCC(=O)ONC(=O)Cc2ccc(O)cc2O)cc(C)c1O. The number of amides is 1. The summed E-state index contributed by atoms with van der Waals surface area (Å²) in [5.74, 6) is -1.31. The number of phenolic OH excluding ortho intramolecular Hbond substituents is 3. The Morgan fingerprint density at radius 3 is 2.31 bits per heavy atom. The van der Waals surface area contributed by atoms with Gasteiger partial charge in [-0.1, -0.05) is 6.07 Å². The number of rotatable bonds is 5. The van der Waals surface area contributed by atoms with Gasteiger partial charge in [0.25, 0.3) is 5.91 Å². The van der Waals surface area contributed by atoms with Gasteiger partial charge in [0.2, 0.25) is 0 Å². The van der Waals surface area contributed by atoms with E-state index in [1.54, 1.807) is 26.0 Å². The van der Waals surface area contributed by atoms with Gasteiger partial charge in [-0.3, -0.25) is 4.79 Å². The average Bonchev–Trinajstić information content (AvgIpc) is 2.58. The van der Waals surface area contributed by atoms with E-state index in [-0.39, 0.29) is 29.2 Å². The highest BCUT2D eigenvalue weighted by Gasteiger charge is 2.12. The van der Waals surface area contributed by atoms with Crippen molar-refractivity contribution in [3.8, 4) is 23.0 Å². The summed E-state index contributed by atoms with van der Waals surface area (Å²) in [7, 11) is 0. The summed E-state index contributed by atoms with van der Waals surface area (Å²) in [6.07, 6.45) is -0.239. The van der Waals surface area contributed by atoms with Gasteiger partial charge < -0.3 is 24.9 Å². The summed E-state index contributed by atoms with van der Waals surface area (Å²) in [6.45, 7) is 2.97. The molecule has 0 unspecified atom stereocenters. The Morgan fingerprint density at radius 1 is 1.04 bits per heavy atom. The van der Waals surface area contributed by atoms with E-state index in [0.29, 0.717) is 16.9 Å². The molecule has 4 N–H and O–H groups in total. The number of phenols is 3. The van der Waals surface area contributed by atoms with Crippen molar-refractivity contribution >= 4 is 11.9 Å². The number of carbonyl (C=O) groups is 2. The van der Waals surface area contributed by atoms with Gasteiger partial charge in [0.1, 0.15) is 23.0 Å². The third-order valence-electron chi connectivity index (χ3n) is 3.52. The largest absolute Gasteiger partial charge is 0.508 e. The Morgan fingerprint density at radius 2 is 1.69 bits per heavy atom. The number of nitrogens with one attached hydrogen (secondary N) is 1. The summed E-state index contributed by atoms with van der Waals surface area (Å²) in [4.78, 5) is 28.0. The van der Waals surface area contributed by atoms with Crippen LogP contribution in [0.1, 0.15) is 16.7 Å². The van der Waals surface area contributed by atoms with Crippen molar-refractivity contribution in [2.75, 3.05) is 6.61 Å². The highest BCUT2D eigenvalue weighted by atomic mass is 16.7. The lowest BCUT2D eigenvalue weighted by Crippen LogP contribution is -2.30. The van der Waals surface area contributed by atoms with E-state index in [0.717, 1.165) is 6.07 Å². The predicted octanol–water partition coefficient (Wildman–Crippen LogP) is 1.62. The van der Waals surface area contributed by atoms with Crippen LogP contribution in [0.5, 0.6) is 23.0 Å². The van der Waals surface area contributed by atoms with Crippen molar-refractivity contribution in [3.63, 3.8) is 0 Å². The standard InChI is InChI=1S/C18H19NO7/c1-10-5-14(6-11(2)18(10)24)25-9-17(23)26-19-16(22)7-12-3-4-13(20)8-15(12)21/h3-6,8,20-21,24H,7,9H2,1-2H3,(H,19,22). The highest BCUT2D eigenvalue weighted by Crippen LogP contribution is 2.27. The molecular weight excluding hydrogens is 342 g/mol. The van der Waals surface area contributed by atoms with Crippen LogP contribution in [0.3, 0.4) is 0 Å². The average molecular weight is 361 g/mol. The molecule has 0 fully saturated rings. The molecule has 0 atom stereocenters. The lowest BCUT2D eigenvalue weighted by Gasteiger charge is -2.10. The number of hydrogen-bond acceptors (Lipinski definition) is 7. The van der Waals surface area contributed by atoms with Crippen LogP contribution in [-0.4, -0.2) is 33.8 Å². The molecule has 0 aliphatic heterocycles. The van der Waals surface area contributed by atoms with Crippen LogP contribution < -0.4 is 10.2 Å². The van der Waals surface area contributed by atoms with E-state index in [4.69, 9.17) is 4.74 Å². The number of ether oxygens (including phenoxy) is 1. The number of hydroxylamine groups is 1. The Kier molecular flexibility index (Phi) is 5.90. The fraction of sp³-hybridized carbons (Fsp3) is 0.222. The predicted molar refractivity (Wildman–Crippen MR) is 90.8 cm³/mol. The van der Waals surface area contributed by atoms with E-state index in [9.17, 15) is 24.9 Å². The van der Waals surface area contributed by atoms with Crippen LogP contribution in [0.2, 0.25) is 0 Å². The molecule has 0 heterocycles. The van der Waals surface area contributed by atoms with E-state index >= 15 is 0 Å². The monoisotopic (exact) mass is 361 g/mol. The molecule has 138 valence electrons. The molecule has 2 aromatic carbocycles. The normalized spacial score (nSPS) is 10.2. The highest BCUT2D eigenvalue weighted by molar-refractivity contribution is 5.80. The first kappa shape index (κ1) is 18.9. The Balaban J connectivity index is 1.80. The second-order valence-electron chi connectivity index (χ2n) is 5.68. The molecule has 0 saturated heterocycles. The molecule has 8 heteroatoms. The molecule has 0 aliphatic carbocycles. The van der Waals surface area contributed by atoms with Gasteiger partial charge in [-0.15, -0.1) is 0 Å². The molecule has 26 heavy (non-hydrogen) atoms. The minimum atomic E-state index is -0.823. The van der Waals surface area contributed by atoms with Crippen LogP contribution in [-0.2, 0) is 20.8 Å². The van der Waals surface area contributed by atoms with Crippen molar-refractivity contribution in [2.45, 2.75) is 20.3 Å². The van der Waals surface area contributed by atoms with Gasteiger partial charge >= 0.3 is 5.97 Å². The van der Waals surface area contributed by atoms with Gasteiger partial charge in [0, 0.05) is 11.6 Å². The lowest BCUT2D eigenvalue weighted by atomic mass is 10.1. The van der Waals surface area contributed by atoms with Crippen molar-refractivity contribution in [1.82, 2.24) is 5.48 Å². The van der Waals surface area contributed by atoms with Crippen molar-refractivity contribution < 1.29 is 34.5 Å². The summed E-state index contributed by atoms with van der Waals surface area (Å²) in [5, 5.41) is 28.5. The van der Waals surface area contributed by atoms with Gasteiger partial charge in [0.05, 0.1) is 6.42 Å². The second-order valence-corrected chi connectivity index (χ2v) is 5.68. The van der Waals surface area contributed by atoms with Crippen LogP contribution in [0.4, 0.5) is 0 Å². The van der Waals surface area contributed by atoms with E-state index in [1.165, 1.54) is 12.1 Å². The summed E-state index contributed by atoms with van der Waals surface area (Å²) >= 11 is 0. The number of aromatic hydroxyl groups is 3. The summed E-state index contributed by atoms with van der Waals surface area (Å²) < 4.78 is 5.26. The first-order valence-electron chi connectivity index (χ1n) is 7.68. The molecule has 1 amide bonds. The van der Waals surface area contributed by atoms with E-state index < -0.39 is 18.5 Å². The van der Waals surface area contributed by atoms with Crippen molar-refractivity contribution in [2.24, 2.45) is 0 Å². The maximum atomic E-state index is 11.7. The molecule has 0 aromatic heterocycles. The molecule has 0 radical (unpaired) electrons. The number of carbonyl (C=O) groups excluding carboxylic acids is 2. The zero-order valence-electron chi connectivity index (χ0n) is 14.3. The maximum absolute atomic E-state index is 11.7. The van der Waals surface area contributed by atoms with Gasteiger partial charge in [-0.2, -0.15) is 5.48 Å². The zero-order valence-corrected chi connectivity index (χ0v) is 14.3. The van der Waals surface area contributed by atoms with Crippen LogP contribution >= 0.6 is 0 Å². The van der Waals surface area contributed by atoms with E-state index in [2.05, 4.69) is 4.84 Å². The van der Waals surface area contributed by atoms with Crippen LogP contribution in [0.25, 0.3) is 0 Å². The third kappa shape index (κ3) is 5.04. The maximum Gasteiger partial charge on any atom is 0.369 e. The summed E-state index contributed by atoms with van der Waals surface area (Å²) in [6, 6.07) is 6.95. The molecule has 0 spiro atoms. The lowest BCUT2D eigenvalue weighted by molar-refractivity contribution is -0.159. The zero-order chi connectivity index (χ0) is 19.3. The molecule has 0 aliphatic rings. The fourth-order valence-corrected chi connectivity index (χ4v) is 2.20. The van der Waals surface area contributed by atoms with Gasteiger partial charge in [-0.05, 0) is 43.2 Å². The van der Waals surface area contributed by atoms with Crippen LogP contribution in [0, 0.1) is 13.8 Å². The molecule has 2 aromatic rings. The summed E-state index contributed by atoms with van der Waals surface area (Å²) in [5.41, 5.74) is 3.44. The third-order valence-corrected chi connectivity index (χ3v) is 3.52. The Labute approximate surface area is 149 Å². The molecule has 2 rings (SSSR count). The minimum Gasteiger partial charge on any atom is -0.508 e. The van der Waals surface area contributed by atoms with Gasteiger partial charge in [0.15, 0.2) is 6.61 Å². The fourth-order valence-electron chi connectivity index (χ4n) is 2.20. The number of benzene rings is 2. The Bertz CT molecular complexity index is 809. The van der Waals surface area contributed by atoms with Crippen molar-refractivity contribution in [3.05, 3.63) is 47.0 Å². The molecular formula is C18H19NO7. The first-order chi connectivity index (χ1) is 12.3. The van der Waals surface area contributed by atoms with Gasteiger partial charge in [-0.25, -0.2) is 4.79 Å². The van der Waals surface area contributed by atoms with Crippen molar-refractivity contribution in [1.29, 1.82) is 0 Å². The topological polar surface area (TPSA) is 125 Å². The molecule has 0 saturated carbocycles.